The fourth-order valence-electron chi connectivity index (χ4n) is 1.33. The van der Waals surface area contributed by atoms with Crippen LogP contribution in [-0.2, 0) is 0 Å². The van der Waals surface area contributed by atoms with Gasteiger partial charge in [0.15, 0.2) is 0 Å². The summed E-state index contributed by atoms with van der Waals surface area (Å²) in [6.07, 6.45) is 3.15. The number of nitrogens with one attached hydrogen (secondary N) is 1. The lowest BCUT2D eigenvalue weighted by molar-refractivity contribution is 0.986. The molecule has 78 valence electrons. The molecule has 5 heteroatoms. The van der Waals surface area contributed by atoms with E-state index in [9.17, 15) is 4.79 Å². The second-order valence-corrected chi connectivity index (χ2v) is 4.00. The van der Waals surface area contributed by atoms with E-state index in [1.54, 1.807) is 24.5 Å². The number of nitrogens with zero attached hydrogens (tertiary/aromatic N) is 1. The van der Waals surface area contributed by atoms with Gasteiger partial charge in [0.2, 0.25) is 0 Å². The number of imidazole rings is 1. The van der Waals surface area contributed by atoms with Gasteiger partial charge < -0.3 is 4.98 Å². The Kier molecular flexibility index (Phi) is 2.59. The van der Waals surface area contributed by atoms with E-state index < -0.39 is 0 Å². The van der Waals surface area contributed by atoms with Crippen LogP contribution in [0.2, 0.25) is 10.0 Å². The van der Waals surface area contributed by atoms with Crippen LogP contribution in [0.3, 0.4) is 0 Å². The molecular formula is C10H8Cl2N2O. The van der Waals surface area contributed by atoms with E-state index in [-0.39, 0.29) is 5.69 Å². The molecule has 15 heavy (non-hydrogen) atoms. The monoisotopic (exact) mass is 242 g/mol. The number of aromatic nitrogens is 2. The SMILES string of the molecule is Cc1cc(Cl)c(-n2cc[nH]c2=O)cc1Cl. The molecule has 0 unspecified atom stereocenters. The van der Waals surface area contributed by atoms with Gasteiger partial charge in [-0.2, -0.15) is 0 Å². The summed E-state index contributed by atoms with van der Waals surface area (Å²) in [5.41, 5.74) is 1.23. The van der Waals surface area contributed by atoms with Crippen LogP contribution in [0.5, 0.6) is 0 Å². The first-order valence-corrected chi connectivity index (χ1v) is 5.07. The normalized spacial score (nSPS) is 10.6. The predicted octanol–water partition coefficient (Wildman–Crippen LogP) is 2.78. The highest BCUT2D eigenvalue weighted by Gasteiger charge is 2.08. The zero-order valence-corrected chi connectivity index (χ0v) is 9.43. The zero-order valence-electron chi connectivity index (χ0n) is 7.92. The average Bonchev–Trinajstić information content (AvgIpc) is 2.58. The maximum atomic E-state index is 11.4. The summed E-state index contributed by atoms with van der Waals surface area (Å²) in [5.74, 6) is 0. The fraction of sp³-hybridized carbons (Fsp3) is 0.100. The van der Waals surface area contributed by atoms with Gasteiger partial charge in [-0.05, 0) is 24.6 Å². The van der Waals surface area contributed by atoms with Gasteiger partial charge in [-0.3, -0.25) is 4.57 Å². The fourth-order valence-corrected chi connectivity index (χ4v) is 1.80. The number of halogens is 2. The van der Waals surface area contributed by atoms with Crippen LogP contribution in [0, 0.1) is 6.92 Å². The Morgan fingerprint density at radius 2 is 2.00 bits per heavy atom. The highest BCUT2D eigenvalue weighted by Crippen LogP contribution is 2.26. The molecule has 0 atom stereocenters. The lowest BCUT2D eigenvalue weighted by Gasteiger charge is -2.06. The van der Waals surface area contributed by atoms with E-state index in [0.717, 1.165) is 5.56 Å². The molecule has 0 radical (unpaired) electrons. The van der Waals surface area contributed by atoms with Gasteiger partial charge in [-0.1, -0.05) is 23.2 Å². The molecule has 0 spiro atoms. The van der Waals surface area contributed by atoms with Gasteiger partial charge in [-0.15, -0.1) is 0 Å². The summed E-state index contributed by atoms with van der Waals surface area (Å²) in [6.45, 7) is 1.86. The second-order valence-electron chi connectivity index (χ2n) is 3.19. The first-order valence-electron chi connectivity index (χ1n) is 4.31. The lowest BCUT2D eigenvalue weighted by Crippen LogP contribution is -2.14. The number of hydrogen-bond acceptors (Lipinski definition) is 1. The third kappa shape index (κ3) is 1.80. The highest BCUT2D eigenvalue weighted by molar-refractivity contribution is 6.35. The predicted molar refractivity (Wildman–Crippen MR) is 61.1 cm³/mol. The van der Waals surface area contributed by atoms with Crippen LogP contribution < -0.4 is 5.69 Å². The molecule has 0 aliphatic rings. The van der Waals surface area contributed by atoms with Gasteiger partial charge in [-0.25, -0.2) is 4.79 Å². The van der Waals surface area contributed by atoms with Crippen LogP contribution in [-0.4, -0.2) is 9.55 Å². The Bertz CT molecular complexity index is 557. The van der Waals surface area contributed by atoms with Crippen molar-refractivity contribution in [2.75, 3.05) is 0 Å². The summed E-state index contributed by atoms with van der Waals surface area (Å²) >= 11 is 12.0. The van der Waals surface area contributed by atoms with E-state index >= 15 is 0 Å². The molecule has 0 amide bonds. The van der Waals surface area contributed by atoms with Crippen molar-refractivity contribution in [3.8, 4) is 5.69 Å². The smallest absolute Gasteiger partial charge is 0.312 e. The molecule has 1 heterocycles. The molecular weight excluding hydrogens is 235 g/mol. The van der Waals surface area contributed by atoms with Crippen LogP contribution in [0.25, 0.3) is 5.69 Å². The molecule has 1 aromatic carbocycles. The molecule has 1 N–H and O–H groups in total. The first-order chi connectivity index (χ1) is 7.09. The number of H-pyrrole nitrogens is 1. The minimum absolute atomic E-state index is 0.239. The quantitative estimate of drug-likeness (QED) is 0.821. The molecule has 2 aromatic rings. The molecule has 0 aliphatic carbocycles. The summed E-state index contributed by atoms with van der Waals surface area (Å²) in [6, 6.07) is 3.41. The van der Waals surface area contributed by atoms with E-state index in [1.807, 2.05) is 6.92 Å². The van der Waals surface area contributed by atoms with Crippen molar-refractivity contribution in [3.05, 3.63) is 50.6 Å². The zero-order chi connectivity index (χ0) is 11.0. The summed E-state index contributed by atoms with van der Waals surface area (Å²) in [4.78, 5) is 13.9. The van der Waals surface area contributed by atoms with Crippen LogP contribution in [0.15, 0.2) is 29.3 Å². The van der Waals surface area contributed by atoms with Crippen molar-refractivity contribution in [2.24, 2.45) is 0 Å². The first kappa shape index (κ1) is 10.3. The molecule has 3 nitrogen and oxygen atoms in total. The van der Waals surface area contributed by atoms with Gasteiger partial charge in [0, 0.05) is 17.4 Å². The minimum atomic E-state index is -0.239. The van der Waals surface area contributed by atoms with E-state index in [0.29, 0.717) is 15.7 Å². The Morgan fingerprint density at radius 1 is 1.27 bits per heavy atom. The van der Waals surface area contributed by atoms with Crippen molar-refractivity contribution >= 4 is 23.2 Å². The molecule has 1 aromatic heterocycles. The van der Waals surface area contributed by atoms with Gasteiger partial charge in [0.25, 0.3) is 0 Å². The average molecular weight is 243 g/mol. The highest BCUT2D eigenvalue weighted by atomic mass is 35.5. The topological polar surface area (TPSA) is 37.8 Å². The Morgan fingerprint density at radius 3 is 2.60 bits per heavy atom. The van der Waals surface area contributed by atoms with Crippen molar-refractivity contribution in [1.29, 1.82) is 0 Å². The number of aromatic amines is 1. The van der Waals surface area contributed by atoms with Crippen molar-refractivity contribution in [1.82, 2.24) is 9.55 Å². The van der Waals surface area contributed by atoms with Gasteiger partial charge in [0.05, 0.1) is 10.7 Å². The van der Waals surface area contributed by atoms with Gasteiger partial charge >= 0.3 is 5.69 Å². The van der Waals surface area contributed by atoms with Crippen LogP contribution in [0.1, 0.15) is 5.56 Å². The number of rotatable bonds is 1. The Hall–Kier alpha value is -1.19. The maximum absolute atomic E-state index is 11.4. The number of aryl methyl sites for hydroxylation is 1. The van der Waals surface area contributed by atoms with Crippen molar-refractivity contribution < 1.29 is 0 Å². The molecule has 0 aliphatic heterocycles. The van der Waals surface area contributed by atoms with Gasteiger partial charge in [0.1, 0.15) is 0 Å². The van der Waals surface area contributed by atoms with Crippen molar-refractivity contribution in [3.63, 3.8) is 0 Å². The molecule has 0 fully saturated rings. The third-order valence-electron chi connectivity index (χ3n) is 2.14. The van der Waals surface area contributed by atoms with E-state index in [4.69, 9.17) is 23.2 Å². The Balaban J connectivity index is 2.69. The molecule has 0 saturated carbocycles. The van der Waals surface area contributed by atoms with E-state index in [2.05, 4.69) is 4.98 Å². The maximum Gasteiger partial charge on any atom is 0.330 e. The van der Waals surface area contributed by atoms with Crippen LogP contribution in [0.4, 0.5) is 0 Å². The molecule has 0 bridgehead atoms. The number of hydrogen-bond donors (Lipinski definition) is 1. The van der Waals surface area contributed by atoms with Crippen molar-refractivity contribution in [2.45, 2.75) is 6.92 Å². The summed E-state index contributed by atoms with van der Waals surface area (Å²) in [5, 5.41) is 1.08. The molecule has 2 rings (SSSR count). The van der Waals surface area contributed by atoms with Crippen LogP contribution >= 0.6 is 23.2 Å². The minimum Gasteiger partial charge on any atom is -0.312 e. The second kappa shape index (κ2) is 3.76. The standard InChI is InChI=1S/C10H8Cl2N2O/c1-6-4-8(12)9(5-7(6)11)14-3-2-13-10(14)15/h2-5H,1H3,(H,13,15). The largest absolute Gasteiger partial charge is 0.330 e. The summed E-state index contributed by atoms with van der Waals surface area (Å²) < 4.78 is 1.41. The lowest BCUT2D eigenvalue weighted by atomic mass is 10.2. The third-order valence-corrected chi connectivity index (χ3v) is 2.85. The van der Waals surface area contributed by atoms with E-state index in [1.165, 1.54) is 4.57 Å². The number of benzene rings is 1. The Labute approximate surface area is 96.3 Å². The molecule has 0 saturated heterocycles. The summed E-state index contributed by atoms with van der Waals surface area (Å²) in [7, 11) is 0.